The molecule has 0 radical (unpaired) electrons. The van der Waals surface area contributed by atoms with Crippen LogP contribution in [0.2, 0.25) is 16.1 Å². The van der Waals surface area contributed by atoms with Crippen molar-refractivity contribution in [1.29, 1.82) is 0 Å². The summed E-state index contributed by atoms with van der Waals surface area (Å²) in [6, 6.07) is 0. The Morgan fingerprint density at radius 1 is 1.64 bits per heavy atom. The monoisotopic (exact) mass is 217 g/mol. The van der Waals surface area contributed by atoms with Gasteiger partial charge in [0.2, 0.25) is 0 Å². The van der Waals surface area contributed by atoms with Gasteiger partial charge in [0.25, 0.3) is 0 Å². The second-order valence-corrected chi connectivity index (χ2v) is 8.13. The molecule has 0 aromatic rings. The molecular weight excluding hydrogens is 201 g/mol. The van der Waals surface area contributed by atoms with Crippen LogP contribution in [0.5, 0.6) is 0 Å². The first-order valence-electron chi connectivity index (χ1n) is 3.65. The molecule has 0 fully saturated rings. The van der Waals surface area contributed by atoms with Crippen LogP contribution in [0.15, 0.2) is 12.2 Å². The van der Waals surface area contributed by atoms with Gasteiger partial charge in [-0.3, -0.25) is 0 Å². The Labute approximate surface area is 73.1 Å². The molecule has 0 aliphatic rings. The van der Waals surface area contributed by atoms with E-state index in [0.717, 1.165) is 6.42 Å². The standard InChI is InChI=1S/C8H16AsNO/c1-5-7(9(3)4)6(2)8(10)11/h7H,2,5H2,1,3-4H3,(H2,10,11). The van der Waals surface area contributed by atoms with Gasteiger partial charge in [-0.15, -0.1) is 0 Å². The molecule has 2 N–H and O–H groups in total. The Bertz CT molecular complexity index is 165. The van der Waals surface area contributed by atoms with Gasteiger partial charge in [0.1, 0.15) is 0 Å². The van der Waals surface area contributed by atoms with Crippen LogP contribution in [0.4, 0.5) is 0 Å². The summed E-state index contributed by atoms with van der Waals surface area (Å²) in [5.41, 5.74) is 10.2. The second-order valence-electron chi connectivity index (χ2n) is 2.78. The van der Waals surface area contributed by atoms with E-state index >= 15 is 0 Å². The summed E-state index contributed by atoms with van der Waals surface area (Å²) in [6.45, 7) is 5.79. The van der Waals surface area contributed by atoms with Crippen LogP contribution in [0.3, 0.4) is 0 Å². The van der Waals surface area contributed by atoms with Gasteiger partial charge >= 0.3 is 72.7 Å². The van der Waals surface area contributed by atoms with Crippen molar-refractivity contribution in [2.24, 2.45) is 5.73 Å². The van der Waals surface area contributed by atoms with Crippen molar-refractivity contribution in [2.75, 3.05) is 0 Å². The molecule has 0 aromatic carbocycles. The van der Waals surface area contributed by atoms with E-state index in [1.807, 2.05) is 0 Å². The van der Waals surface area contributed by atoms with Crippen LogP contribution < -0.4 is 5.73 Å². The fraction of sp³-hybridized carbons (Fsp3) is 0.625. The van der Waals surface area contributed by atoms with Gasteiger partial charge in [-0.05, 0) is 0 Å². The van der Waals surface area contributed by atoms with Crippen LogP contribution in [0.1, 0.15) is 13.3 Å². The summed E-state index contributed by atoms with van der Waals surface area (Å²) in [6.07, 6.45) is 0.995. The van der Waals surface area contributed by atoms with Crippen LogP contribution >= 0.6 is 0 Å². The molecule has 0 heterocycles. The maximum atomic E-state index is 10.8. The van der Waals surface area contributed by atoms with Crippen LogP contribution in [0, 0.1) is 0 Å². The quantitative estimate of drug-likeness (QED) is 0.563. The van der Waals surface area contributed by atoms with Gasteiger partial charge in [0.15, 0.2) is 0 Å². The first-order chi connectivity index (χ1) is 5.00. The molecule has 1 atom stereocenters. The molecule has 3 heteroatoms. The maximum absolute atomic E-state index is 10.8. The predicted octanol–water partition coefficient (Wildman–Crippen LogP) is 1.56. The third-order valence-corrected chi connectivity index (χ3v) is 5.76. The number of hydrogen-bond donors (Lipinski definition) is 1. The Morgan fingerprint density at radius 3 is 2.18 bits per heavy atom. The minimum absolute atomic E-state index is 0.333. The Morgan fingerprint density at radius 2 is 2.09 bits per heavy atom. The number of hydrogen-bond acceptors (Lipinski definition) is 1. The molecule has 0 bridgehead atoms. The van der Waals surface area contributed by atoms with Gasteiger partial charge in [-0.2, -0.15) is 0 Å². The molecule has 0 rings (SSSR count). The fourth-order valence-corrected chi connectivity index (χ4v) is 4.19. The number of nitrogens with two attached hydrogens (primary N) is 1. The molecule has 2 nitrogen and oxygen atoms in total. The molecule has 0 aliphatic carbocycles. The first kappa shape index (κ1) is 10.8. The zero-order chi connectivity index (χ0) is 9.02. The molecule has 0 aliphatic heterocycles. The first-order valence-corrected chi connectivity index (χ1v) is 8.49. The number of amides is 1. The molecule has 64 valence electrons. The molecule has 0 saturated heterocycles. The van der Waals surface area contributed by atoms with Crippen molar-refractivity contribution >= 4 is 20.6 Å². The zero-order valence-electron chi connectivity index (χ0n) is 7.42. The number of carbonyl (C=O) groups is 1. The van der Waals surface area contributed by atoms with E-state index in [9.17, 15) is 4.79 Å². The summed E-state index contributed by atoms with van der Waals surface area (Å²) >= 11 is -0.862. The van der Waals surface area contributed by atoms with Gasteiger partial charge in [0.05, 0.1) is 0 Å². The van der Waals surface area contributed by atoms with Crippen molar-refractivity contribution in [3.05, 3.63) is 12.2 Å². The van der Waals surface area contributed by atoms with E-state index in [4.69, 9.17) is 5.73 Å². The Hall–Kier alpha value is -0.232. The van der Waals surface area contributed by atoms with Gasteiger partial charge in [-0.1, -0.05) is 0 Å². The number of primary amides is 1. The number of carbonyl (C=O) groups excluding carboxylic acids is 1. The third kappa shape index (κ3) is 3.11. The van der Waals surface area contributed by atoms with E-state index in [-0.39, 0.29) is 5.91 Å². The predicted molar refractivity (Wildman–Crippen MR) is 49.9 cm³/mol. The fourth-order valence-electron chi connectivity index (χ4n) is 1.09. The zero-order valence-corrected chi connectivity index (χ0v) is 9.30. The van der Waals surface area contributed by atoms with Crippen molar-refractivity contribution in [2.45, 2.75) is 29.5 Å². The van der Waals surface area contributed by atoms with Crippen LogP contribution in [-0.4, -0.2) is 20.6 Å². The van der Waals surface area contributed by atoms with Crippen molar-refractivity contribution in [3.8, 4) is 0 Å². The van der Waals surface area contributed by atoms with Crippen molar-refractivity contribution < 1.29 is 4.79 Å². The van der Waals surface area contributed by atoms with Gasteiger partial charge in [0, 0.05) is 0 Å². The normalized spacial score (nSPS) is 13.1. The molecule has 0 spiro atoms. The van der Waals surface area contributed by atoms with Crippen molar-refractivity contribution in [1.82, 2.24) is 0 Å². The molecule has 1 amide bonds. The van der Waals surface area contributed by atoms with E-state index in [0.29, 0.717) is 10.3 Å². The SMILES string of the molecule is C=C(C(N)=O)C(CC)[As](C)C. The summed E-state index contributed by atoms with van der Waals surface area (Å²) in [5.74, 6) is -0.333. The summed E-state index contributed by atoms with van der Waals surface area (Å²) in [7, 11) is 0. The summed E-state index contributed by atoms with van der Waals surface area (Å²) in [5, 5.41) is 0. The van der Waals surface area contributed by atoms with Gasteiger partial charge in [-0.25, -0.2) is 0 Å². The van der Waals surface area contributed by atoms with Crippen molar-refractivity contribution in [3.63, 3.8) is 0 Å². The van der Waals surface area contributed by atoms with E-state index in [1.165, 1.54) is 0 Å². The van der Waals surface area contributed by atoms with E-state index in [1.54, 1.807) is 0 Å². The third-order valence-electron chi connectivity index (χ3n) is 1.73. The van der Waals surface area contributed by atoms with Crippen LogP contribution in [-0.2, 0) is 4.79 Å². The molecule has 1 unspecified atom stereocenters. The average molecular weight is 217 g/mol. The van der Waals surface area contributed by atoms with Gasteiger partial charge < -0.3 is 0 Å². The molecule has 11 heavy (non-hydrogen) atoms. The summed E-state index contributed by atoms with van der Waals surface area (Å²) < 4.78 is 0.389. The molecule has 0 saturated carbocycles. The Kier molecular flexibility index (Phi) is 4.51. The second kappa shape index (κ2) is 4.61. The molecular formula is C8H16AsNO. The van der Waals surface area contributed by atoms with Crippen LogP contribution in [0.25, 0.3) is 0 Å². The van der Waals surface area contributed by atoms with E-state index in [2.05, 4.69) is 24.9 Å². The Balaban J connectivity index is 4.26. The number of rotatable bonds is 4. The summed E-state index contributed by atoms with van der Waals surface area (Å²) in [4.78, 5) is 10.8. The minimum atomic E-state index is -0.862. The average Bonchev–Trinajstić information content (AvgIpc) is 1.88. The van der Waals surface area contributed by atoms with E-state index < -0.39 is 14.7 Å². The topological polar surface area (TPSA) is 43.1 Å². The molecule has 0 aromatic heterocycles.